The minimum atomic E-state index is -0.0134. The first-order valence-electron chi connectivity index (χ1n) is 6.89. The van der Waals surface area contributed by atoms with E-state index in [0.29, 0.717) is 27.8 Å². The van der Waals surface area contributed by atoms with Crippen LogP contribution in [0, 0.1) is 11.3 Å². The third-order valence-electron chi connectivity index (χ3n) is 3.21. The molecule has 0 radical (unpaired) electrons. The molecule has 116 valence electrons. The van der Waals surface area contributed by atoms with E-state index in [9.17, 15) is 4.79 Å². The summed E-state index contributed by atoms with van der Waals surface area (Å²) in [6.07, 6.45) is 0. The Labute approximate surface area is 141 Å². The van der Waals surface area contributed by atoms with Crippen molar-refractivity contribution < 1.29 is 4.74 Å². The van der Waals surface area contributed by atoms with Crippen molar-refractivity contribution >= 4 is 33.3 Å². The van der Waals surface area contributed by atoms with Crippen molar-refractivity contribution in [3.8, 4) is 11.8 Å². The van der Waals surface area contributed by atoms with Gasteiger partial charge in [-0.15, -0.1) is 11.3 Å². The van der Waals surface area contributed by atoms with Crippen LogP contribution in [-0.4, -0.2) is 21.9 Å². The molecule has 0 saturated heterocycles. The number of benzene rings is 1. The molecule has 2 aromatic heterocycles. The lowest BCUT2D eigenvalue weighted by atomic mass is 10.2. The van der Waals surface area contributed by atoms with Crippen LogP contribution in [0.3, 0.4) is 0 Å². The monoisotopic (exact) mass is 343 g/mol. The molecule has 0 aliphatic carbocycles. The van der Waals surface area contributed by atoms with Gasteiger partial charge >= 0.3 is 0 Å². The lowest BCUT2D eigenvalue weighted by Gasteiger charge is -2.08. The van der Waals surface area contributed by atoms with Crippen molar-refractivity contribution in [2.24, 2.45) is 7.05 Å². The van der Waals surface area contributed by atoms with Crippen molar-refractivity contribution in [2.75, 3.05) is 12.4 Å². The SMILES string of the molecule is Cn1c(SCCOc2ccc(C#N)cc2)nc2ccsc2c1=O. The number of nitriles is 1. The van der Waals surface area contributed by atoms with E-state index in [1.807, 2.05) is 11.4 Å². The second kappa shape index (κ2) is 6.86. The summed E-state index contributed by atoms with van der Waals surface area (Å²) in [5.74, 6) is 1.40. The molecule has 0 bridgehead atoms. The molecule has 3 rings (SSSR count). The molecule has 0 N–H and O–H groups in total. The summed E-state index contributed by atoms with van der Waals surface area (Å²) in [7, 11) is 1.73. The average molecular weight is 343 g/mol. The van der Waals surface area contributed by atoms with Gasteiger partial charge in [-0.2, -0.15) is 5.26 Å². The summed E-state index contributed by atoms with van der Waals surface area (Å²) in [6, 6.07) is 10.9. The average Bonchev–Trinajstić information content (AvgIpc) is 3.05. The third kappa shape index (κ3) is 3.38. The molecule has 23 heavy (non-hydrogen) atoms. The first-order chi connectivity index (χ1) is 11.2. The smallest absolute Gasteiger partial charge is 0.271 e. The second-order valence-electron chi connectivity index (χ2n) is 4.73. The second-order valence-corrected chi connectivity index (χ2v) is 6.70. The number of hydrogen-bond acceptors (Lipinski definition) is 6. The van der Waals surface area contributed by atoms with Gasteiger partial charge in [-0.25, -0.2) is 4.98 Å². The lowest BCUT2D eigenvalue weighted by molar-refractivity contribution is 0.344. The van der Waals surface area contributed by atoms with Gasteiger partial charge in [0.15, 0.2) is 5.16 Å². The Bertz CT molecular complexity index is 923. The van der Waals surface area contributed by atoms with E-state index in [1.165, 1.54) is 23.1 Å². The zero-order chi connectivity index (χ0) is 16.2. The number of fused-ring (bicyclic) bond motifs is 1. The van der Waals surface area contributed by atoms with E-state index in [-0.39, 0.29) is 5.56 Å². The fourth-order valence-electron chi connectivity index (χ4n) is 2.02. The summed E-state index contributed by atoms with van der Waals surface area (Å²) < 4.78 is 7.89. The van der Waals surface area contributed by atoms with Crippen LogP contribution in [-0.2, 0) is 7.05 Å². The largest absolute Gasteiger partial charge is 0.493 e. The molecule has 0 atom stereocenters. The fourth-order valence-corrected chi connectivity index (χ4v) is 3.61. The number of rotatable bonds is 5. The molecule has 0 spiro atoms. The highest BCUT2D eigenvalue weighted by Crippen LogP contribution is 2.20. The Morgan fingerprint density at radius 2 is 2.13 bits per heavy atom. The Morgan fingerprint density at radius 1 is 1.35 bits per heavy atom. The van der Waals surface area contributed by atoms with E-state index in [2.05, 4.69) is 11.1 Å². The highest BCUT2D eigenvalue weighted by atomic mass is 32.2. The maximum Gasteiger partial charge on any atom is 0.271 e. The van der Waals surface area contributed by atoms with Gasteiger partial charge in [0.2, 0.25) is 0 Å². The van der Waals surface area contributed by atoms with E-state index in [0.717, 1.165) is 11.3 Å². The summed E-state index contributed by atoms with van der Waals surface area (Å²) in [6.45, 7) is 0.494. The molecule has 0 aliphatic rings. The number of thiophene rings is 1. The van der Waals surface area contributed by atoms with Crippen LogP contribution in [0.1, 0.15) is 5.56 Å². The Balaban J connectivity index is 1.61. The van der Waals surface area contributed by atoms with E-state index in [4.69, 9.17) is 10.00 Å². The number of aromatic nitrogens is 2. The fraction of sp³-hybridized carbons (Fsp3) is 0.188. The van der Waals surface area contributed by atoms with Gasteiger partial charge in [0, 0.05) is 12.8 Å². The predicted molar refractivity (Wildman–Crippen MR) is 92.2 cm³/mol. The van der Waals surface area contributed by atoms with Crippen LogP contribution in [0.4, 0.5) is 0 Å². The van der Waals surface area contributed by atoms with Crippen molar-refractivity contribution in [3.05, 3.63) is 51.6 Å². The first-order valence-corrected chi connectivity index (χ1v) is 8.75. The molecular weight excluding hydrogens is 330 g/mol. The zero-order valence-electron chi connectivity index (χ0n) is 12.4. The Morgan fingerprint density at radius 3 is 2.87 bits per heavy atom. The van der Waals surface area contributed by atoms with Crippen LogP contribution >= 0.6 is 23.1 Å². The van der Waals surface area contributed by atoms with Crippen molar-refractivity contribution in [1.29, 1.82) is 5.26 Å². The molecule has 0 saturated carbocycles. The number of ether oxygens (including phenoxy) is 1. The minimum Gasteiger partial charge on any atom is -0.493 e. The van der Waals surface area contributed by atoms with Gasteiger partial charge in [0.1, 0.15) is 10.4 Å². The van der Waals surface area contributed by atoms with Gasteiger partial charge in [-0.3, -0.25) is 9.36 Å². The quantitative estimate of drug-likeness (QED) is 0.405. The highest BCUT2D eigenvalue weighted by Gasteiger charge is 2.09. The maximum absolute atomic E-state index is 12.2. The van der Waals surface area contributed by atoms with Crippen molar-refractivity contribution in [1.82, 2.24) is 9.55 Å². The van der Waals surface area contributed by atoms with Crippen molar-refractivity contribution in [3.63, 3.8) is 0 Å². The van der Waals surface area contributed by atoms with Crippen LogP contribution < -0.4 is 10.3 Å². The normalized spacial score (nSPS) is 10.6. The van der Waals surface area contributed by atoms with Crippen LogP contribution in [0.25, 0.3) is 10.2 Å². The molecule has 0 unspecified atom stereocenters. The minimum absolute atomic E-state index is 0.0134. The lowest BCUT2D eigenvalue weighted by Crippen LogP contribution is -2.19. The van der Waals surface area contributed by atoms with Crippen LogP contribution in [0.15, 0.2) is 45.7 Å². The van der Waals surface area contributed by atoms with Gasteiger partial charge < -0.3 is 4.74 Å². The molecule has 0 aliphatic heterocycles. The highest BCUT2D eigenvalue weighted by molar-refractivity contribution is 7.99. The molecule has 5 nitrogen and oxygen atoms in total. The molecule has 2 heterocycles. The Hall–Kier alpha value is -2.30. The van der Waals surface area contributed by atoms with Crippen molar-refractivity contribution in [2.45, 2.75) is 5.16 Å². The standard InChI is InChI=1S/C16H13N3O2S2/c1-19-15(20)14-13(6-8-22-14)18-16(19)23-9-7-21-12-4-2-11(10-17)3-5-12/h2-6,8H,7,9H2,1H3. The molecule has 3 aromatic rings. The number of thioether (sulfide) groups is 1. The van der Waals surface area contributed by atoms with E-state index >= 15 is 0 Å². The van der Waals surface area contributed by atoms with Gasteiger partial charge in [0.25, 0.3) is 5.56 Å². The summed E-state index contributed by atoms with van der Waals surface area (Å²) in [4.78, 5) is 16.7. The number of nitrogens with zero attached hydrogens (tertiary/aromatic N) is 3. The zero-order valence-corrected chi connectivity index (χ0v) is 14.0. The van der Waals surface area contributed by atoms with Gasteiger partial charge in [0.05, 0.1) is 23.8 Å². The molecule has 0 amide bonds. The third-order valence-corrected chi connectivity index (χ3v) is 5.10. The summed E-state index contributed by atoms with van der Waals surface area (Å²) in [5, 5.41) is 11.3. The van der Waals surface area contributed by atoms with Gasteiger partial charge in [-0.05, 0) is 35.7 Å². The van der Waals surface area contributed by atoms with E-state index in [1.54, 1.807) is 35.9 Å². The topological polar surface area (TPSA) is 67.9 Å². The maximum atomic E-state index is 12.2. The predicted octanol–water partition coefficient (Wildman–Crippen LogP) is 3.04. The van der Waals surface area contributed by atoms with Crippen LogP contribution in [0.2, 0.25) is 0 Å². The molecular formula is C16H13N3O2S2. The Kier molecular flexibility index (Phi) is 4.65. The molecule has 0 fully saturated rings. The summed E-state index contributed by atoms with van der Waals surface area (Å²) >= 11 is 2.90. The number of hydrogen-bond donors (Lipinski definition) is 0. The molecule has 1 aromatic carbocycles. The van der Waals surface area contributed by atoms with Crippen LogP contribution in [0.5, 0.6) is 5.75 Å². The van der Waals surface area contributed by atoms with E-state index < -0.39 is 0 Å². The summed E-state index contributed by atoms with van der Waals surface area (Å²) in [5.41, 5.74) is 1.34. The molecule has 7 heteroatoms. The first kappa shape index (κ1) is 15.6. The van der Waals surface area contributed by atoms with Gasteiger partial charge in [-0.1, -0.05) is 11.8 Å².